The maximum absolute atomic E-state index is 13.3. The summed E-state index contributed by atoms with van der Waals surface area (Å²) in [6, 6.07) is 12.0. The highest BCUT2D eigenvalue weighted by atomic mass is 16.6. The summed E-state index contributed by atoms with van der Waals surface area (Å²) in [5, 5.41) is 13.9. The smallest absolute Gasteiger partial charge is 0.408 e. The monoisotopic (exact) mass is 511 g/mol. The predicted molar refractivity (Wildman–Crippen MR) is 135 cm³/mol. The summed E-state index contributed by atoms with van der Waals surface area (Å²) in [6.07, 6.45) is 0.817. The Balaban J connectivity index is 1.85. The molecule has 2 amide bonds. The van der Waals surface area contributed by atoms with Crippen LogP contribution < -0.4 is 10.6 Å². The molecule has 1 atom stereocenters. The highest BCUT2D eigenvalue weighted by Crippen LogP contribution is 2.18. The fourth-order valence-electron chi connectivity index (χ4n) is 3.39. The number of aromatic nitrogens is 3. The van der Waals surface area contributed by atoms with Gasteiger partial charge >= 0.3 is 12.1 Å². The third kappa shape index (κ3) is 7.50. The largest absolute Gasteiger partial charge is 0.465 e. The number of methoxy groups -OCH3 is 1. The van der Waals surface area contributed by atoms with Crippen molar-refractivity contribution in [1.82, 2.24) is 25.2 Å². The van der Waals surface area contributed by atoms with Crippen molar-refractivity contribution in [2.24, 2.45) is 0 Å². The topological polar surface area (TPSA) is 133 Å². The van der Waals surface area contributed by atoms with Gasteiger partial charge in [-0.25, -0.2) is 9.59 Å². The first-order chi connectivity index (χ1) is 17.4. The zero-order valence-corrected chi connectivity index (χ0v) is 21.9. The van der Waals surface area contributed by atoms with E-state index in [4.69, 9.17) is 14.2 Å². The number of ether oxygens (including phenoxy) is 3. The molecule has 2 heterocycles. The van der Waals surface area contributed by atoms with Crippen LogP contribution in [0.5, 0.6) is 0 Å². The Morgan fingerprint density at radius 2 is 1.70 bits per heavy atom. The van der Waals surface area contributed by atoms with Crippen LogP contribution in [-0.4, -0.2) is 57.4 Å². The second-order valence-corrected chi connectivity index (χ2v) is 9.97. The number of nitrogens with one attached hydrogen (secondary N) is 2. The average molecular weight is 512 g/mol. The van der Waals surface area contributed by atoms with Crippen molar-refractivity contribution in [2.45, 2.75) is 58.4 Å². The second kappa shape index (κ2) is 11.4. The average Bonchev–Trinajstić information content (AvgIpc) is 3.25. The lowest BCUT2D eigenvalue weighted by atomic mass is 10.0. The van der Waals surface area contributed by atoms with Crippen molar-refractivity contribution in [3.05, 3.63) is 65.6 Å². The van der Waals surface area contributed by atoms with Gasteiger partial charge in [0.2, 0.25) is 5.91 Å². The van der Waals surface area contributed by atoms with Crippen LogP contribution in [0.15, 0.2) is 48.7 Å². The Morgan fingerprint density at radius 1 is 1.00 bits per heavy atom. The van der Waals surface area contributed by atoms with Gasteiger partial charge in [-0.3, -0.25) is 9.20 Å². The van der Waals surface area contributed by atoms with Crippen molar-refractivity contribution >= 4 is 23.6 Å². The molecule has 2 aromatic heterocycles. The molecule has 11 nitrogen and oxygen atoms in total. The number of amides is 2. The van der Waals surface area contributed by atoms with Crippen molar-refractivity contribution in [3.8, 4) is 0 Å². The Kier molecular flexibility index (Phi) is 8.49. The molecule has 3 aromatic rings. The zero-order chi connectivity index (χ0) is 27.2. The fraction of sp³-hybridized carbons (Fsp3) is 0.423. The predicted octanol–water partition coefficient (Wildman–Crippen LogP) is 3.19. The number of hydrogen-bond acceptors (Lipinski definition) is 8. The van der Waals surface area contributed by atoms with Crippen LogP contribution in [0.25, 0.3) is 5.65 Å². The number of esters is 1. The fourth-order valence-corrected chi connectivity index (χ4v) is 3.39. The molecule has 0 radical (unpaired) electrons. The van der Waals surface area contributed by atoms with Gasteiger partial charge in [-0.1, -0.05) is 30.3 Å². The number of alkyl carbamates (subject to hydrolysis) is 1. The van der Waals surface area contributed by atoms with Crippen LogP contribution in [0.3, 0.4) is 0 Å². The minimum atomic E-state index is -1.32. The summed E-state index contributed by atoms with van der Waals surface area (Å²) in [5.74, 6) is -0.673. The Bertz CT molecular complexity index is 1250. The third-order valence-corrected chi connectivity index (χ3v) is 5.24. The van der Waals surface area contributed by atoms with E-state index in [1.807, 2.05) is 30.3 Å². The summed E-state index contributed by atoms with van der Waals surface area (Å²) in [6.45, 7) is 8.68. The normalized spacial score (nSPS) is 12.6. The SMILES string of the molecule is COC(=O)c1ccc2nnc([C@@H](COCc3ccccc3)NC(=O)C(C)(C)NC(=O)OC(C)(C)C)n2c1. The van der Waals surface area contributed by atoms with E-state index in [9.17, 15) is 14.4 Å². The van der Waals surface area contributed by atoms with E-state index in [0.29, 0.717) is 23.6 Å². The van der Waals surface area contributed by atoms with Crippen molar-refractivity contribution in [3.63, 3.8) is 0 Å². The van der Waals surface area contributed by atoms with Crippen LogP contribution in [0.1, 0.15) is 62.4 Å². The van der Waals surface area contributed by atoms with E-state index in [1.54, 1.807) is 51.2 Å². The molecule has 0 saturated carbocycles. The van der Waals surface area contributed by atoms with E-state index < -0.39 is 35.2 Å². The summed E-state index contributed by atoms with van der Waals surface area (Å²) < 4.78 is 17.6. The summed E-state index contributed by atoms with van der Waals surface area (Å²) in [4.78, 5) is 37.7. The number of benzene rings is 1. The summed E-state index contributed by atoms with van der Waals surface area (Å²) >= 11 is 0. The molecule has 1 aromatic carbocycles. The quantitative estimate of drug-likeness (QED) is 0.419. The number of pyridine rings is 1. The van der Waals surface area contributed by atoms with E-state index in [0.717, 1.165) is 5.56 Å². The minimum Gasteiger partial charge on any atom is -0.465 e. The summed E-state index contributed by atoms with van der Waals surface area (Å²) in [7, 11) is 1.29. The molecule has 0 saturated heterocycles. The highest BCUT2D eigenvalue weighted by Gasteiger charge is 2.34. The van der Waals surface area contributed by atoms with Crippen LogP contribution in [-0.2, 0) is 25.6 Å². The molecule has 2 N–H and O–H groups in total. The number of nitrogens with zero attached hydrogens (tertiary/aromatic N) is 3. The number of carbonyl (C=O) groups is 3. The van der Waals surface area contributed by atoms with Gasteiger partial charge in [-0.15, -0.1) is 10.2 Å². The molecule has 0 spiro atoms. The van der Waals surface area contributed by atoms with Gasteiger partial charge in [-0.2, -0.15) is 0 Å². The first kappa shape index (κ1) is 27.6. The van der Waals surface area contributed by atoms with Gasteiger partial charge in [0.05, 0.1) is 25.9 Å². The molecule has 3 rings (SSSR count). The maximum Gasteiger partial charge on any atom is 0.408 e. The first-order valence-electron chi connectivity index (χ1n) is 11.8. The molecule has 198 valence electrons. The van der Waals surface area contributed by atoms with Gasteiger partial charge in [-0.05, 0) is 52.3 Å². The molecule has 0 bridgehead atoms. The van der Waals surface area contributed by atoms with Gasteiger partial charge < -0.3 is 24.8 Å². The van der Waals surface area contributed by atoms with Crippen LogP contribution >= 0.6 is 0 Å². The van der Waals surface area contributed by atoms with Crippen molar-refractivity contribution < 1.29 is 28.6 Å². The molecule has 11 heteroatoms. The molecule has 0 unspecified atom stereocenters. The lowest BCUT2D eigenvalue weighted by Gasteiger charge is -2.29. The third-order valence-electron chi connectivity index (χ3n) is 5.24. The highest BCUT2D eigenvalue weighted by molar-refractivity contribution is 5.90. The second-order valence-electron chi connectivity index (χ2n) is 9.97. The Labute approximate surface area is 215 Å². The van der Waals surface area contributed by atoms with Gasteiger partial charge in [0.1, 0.15) is 17.2 Å². The minimum absolute atomic E-state index is 0.0480. The van der Waals surface area contributed by atoms with Gasteiger partial charge in [0, 0.05) is 6.20 Å². The standard InChI is InChI=1S/C26H33N5O6/c1-25(2,3)37-24(34)28-26(4,5)23(33)27-19(16-36-15-17-10-8-7-9-11-17)21-30-29-20-13-12-18(14-31(20)21)22(32)35-6/h7-14,19H,15-16H2,1-6H3,(H,27,33)(H,28,34)/t19-/m1/s1. The molecular weight excluding hydrogens is 478 g/mol. The van der Waals surface area contributed by atoms with Crippen LogP contribution in [0.2, 0.25) is 0 Å². The lowest BCUT2D eigenvalue weighted by Crippen LogP contribution is -2.56. The number of fused-ring (bicyclic) bond motifs is 1. The molecule has 37 heavy (non-hydrogen) atoms. The Hall–Kier alpha value is -3.99. The lowest BCUT2D eigenvalue weighted by molar-refractivity contribution is -0.127. The maximum atomic E-state index is 13.3. The van der Waals surface area contributed by atoms with Crippen LogP contribution in [0.4, 0.5) is 4.79 Å². The van der Waals surface area contributed by atoms with E-state index in [1.165, 1.54) is 13.3 Å². The molecular formula is C26H33N5O6. The first-order valence-corrected chi connectivity index (χ1v) is 11.8. The van der Waals surface area contributed by atoms with Gasteiger partial charge in [0.25, 0.3) is 0 Å². The van der Waals surface area contributed by atoms with Crippen molar-refractivity contribution in [2.75, 3.05) is 13.7 Å². The molecule has 0 aliphatic rings. The zero-order valence-electron chi connectivity index (χ0n) is 21.9. The van der Waals surface area contributed by atoms with Crippen molar-refractivity contribution in [1.29, 1.82) is 0 Å². The number of hydrogen-bond donors (Lipinski definition) is 2. The summed E-state index contributed by atoms with van der Waals surface area (Å²) in [5.41, 5.74) is -0.326. The van der Waals surface area contributed by atoms with E-state index >= 15 is 0 Å². The van der Waals surface area contributed by atoms with E-state index in [-0.39, 0.29) is 6.61 Å². The van der Waals surface area contributed by atoms with Crippen LogP contribution in [0, 0.1) is 0 Å². The molecule has 0 fully saturated rings. The van der Waals surface area contributed by atoms with Gasteiger partial charge in [0.15, 0.2) is 11.5 Å². The Morgan fingerprint density at radius 3 is 2.35 bits per heavy atom. The number of rotatable bonds is 9. The molecule has 0 aliphatic heterocycles. The van der Waals surface area contributed by atoms with E-state index in [2.05, 4.69) is 20.8 Å². The molecule has 0 aliphatic carbocycles. The number of carbonyl (C=O) groups excluding carboxylic acids is 3.